The van der Waals surface area contributed by atoms with E-state index in [0.29, 0.717) is 16.4 Å². The lowest BCUT2D eigenvalue weighted by Gasteiger charge is -2.12. The normalized spacial score (nSPS) is 15.5. The van der Waals surface area contributed by atoms with Crippen molar-refractivity contribution < 1.29 is 5.11 Å². The van der Waals surface area contributed by atoms with Gasteiger partial charge in [-0.25, -0.2) is 0 Å². The summed E-state index contributed by atoms with van der Waals surface area (Å²) >= 11 is 5.94. The molecule has 0 atom stereocenters. The summed E-state index contributed by atoms with van der Waals surface area (Å²) in [4.78, 5) is 19.3. The number of halogens is 1. The first kappa shape index (κ1) is 14.1. The highest BCUT2D eigenvalue weighted by Gasteiger charge is 2.24. The van der Waals surface area contributed by atoms with E-state index < -0.39 is 0 Å². The number of rotatable bonds is 2. The second kappa shape index (κ2) is 5.53. The summed E-state index contributed by atoms with van der Waals surface area (Å²) in [6.45, 7) is 1.89. The van der Waals surface area contributed by atoms with E-state index in [1.54, 1.807) is 18.2 Å². The standard InChI is InChI=1S/C16H17ClN2O2/c1-9-8-11(17)6-7-12(9)14-18-15(20)13(16(21)19-14)10-4-2-3-5-10/h6-8,10H,2-5H2,1H3,(H2,18,19,20,21). The molecular weight excluding hydrogens is 288 g/mol. The van der Waals surface area contributed by atoms with Gasteiger partial charge < -0.3 is 10.1 Å². The van der Waals surface area contributed by atoms with Gasteiger partial charge in [-0.3, -0.25) is 4.79 Å². The fourth-order valence-electron chi connectivity index (χ4n) is 3.07. The molecule has 4 nitrogen and oxygen atoms in total. The van der Waals surface area contributed by atoms with E-state index in [-0.39, 0.29) is 17.4 Å². The number of aromatic nitrogens is 2. The highest BCUT2D eigenvalue weighted by atomic mass is 35.5. The highest BCUT2D eigenvalue weighted by Crippen LogP contribution is 2.36. The summed E-state index contributed by atoms with van der Waals surface area (Å²) in [6.07, 6.45) is 4.08. The molecule has 0 unspecified atom stereocenters. The molecule has 1 aromatic carbocycles. The van der Waals surface area contributed by atoms with Crippen LogP contribution in [0.15, 0.2) is 23.0 Å². The Hall–Kier alpha value is -1.81. The fraction of sp³-hybridized carbons (Fsp3) is 0.375. The van der Waals surface area contributed by atoms with Crippen molar-refractivity contribution >= 4 is 11.6 Å². The lowest BCUT2D eigenvalue weighted by Crippen LogP contribution is -2.17. The van der Waals surface area contributed by atoms with Crippen molar-refractivity contribution in [3.05, 3.63) is 44.7 Å². The molecule has 0 saturated heterocycles. The summed E-state index contributed by atoms with van der Waals surface area (Å²) in [5, 5.41) is 10.8. The number of nitrogens with zero attached hydrogens (tertiary/aromatic N) is 1. The molecule has 1 saturated carbocycles. The van der Waals surface area contributed by atoms with Crippen molar-refractivity contribution in [2.24, 2.45) is 0 Å². The summed E-state index contributed by atoms with van der Waals surface area (Å²) < 4.78 is 0. The van der Waals surface area contributed by atoms with Gasteiger partial charge in [0.25, 0.3) is 5.56 Å². The van der Waals surface area contributed by atoms with Crippen LogP contribution in [-0.4, -0.2) is 15.1 Å². The average molecular weight is 305 g/mol. The predicted molar refractivity (Wildman–Crippen MR) is 82.9 cm³/mol. The number of aromatic hydroxyl groups is 1. The quantitative estimate of drug-likeness (QED) is 0.887. The molecule has 0 aliphatic heterocycles. The van der Waals surface area contributed by atoms with Crippen LogP contribution >= 0.6 is 11.6 Å². The number of H-pyrrole nitrogens is 1. The van der Waals surface area contributed by atoms with Crippen LogP contribution in [0.3, 0.4) is 0 Å². The third-order valence-corrected chi connectivity index (χ3v) is 4.38. The predicted octanol–water partition coefficient (Wildman–Crippen LogP) is 3.76. The molecule has 1 aromatic heterocycles. The van der Waals surface area contributed by atoms with Gasteiger partial charge in [0.05, 0.1) is 5.56 Å². The fourth-order valence-corrected chi connectivity index (χ4v) is 3.30. The van der Waals surface area contributed by atoms with E-state index in [0.717, 1.165) is 36.8 Å². The number of aryl methyl sites for hydroxylation is 1. The summed E-state index contributed by atoms with van der Waals surface area (Å²) in [7, 11) is 0. The number of hydrogen-bond acceptors (Lipinski definition) is 3. The van der Waals surface area contributed by atoms with Crippen molar-refractivity contribution in [1.29, 1.82) is 0 Å². The Morgan fingerprint density at radius 2 is 2.05 bits per heavy atom. The zero-order chi connectivity index (χ0) is 15.0. The van der Waals surface area contributed by atoms with Gasteiger partial charge >= 0.3 is 0 Å². The maximum atomic E-state index is 12.3. The largest absolute Gasteiger partial charge is 0.493 e. The number of hydrogen-bond donors (Lipinski definition) is 2. The SMILES string of the molecule is Cc1cc(Cl)ccc1-c1nc(O)c(C2CCCC2)c(=O)[nH]1. The number of nitrogens with one attached hydrogen (secondary N) is 1. The second-order valence-corrected chi connectivity index (χ2v) is 6.03. The summed E-state index contributed by atoms with van der Waals surface area (Å²) in [5.74, 6) is 0.366. The van der Waals surface area contributed by atoms with Crippen molar-refractivity contribution in [3.63, 3.8) is 0 Å². The number of benzene rings is 1. The first-order valence-electron chi connectivity index (χ1n) is 7.16. The second-order valence-electron chi connectivity index (χ2n) is 5.59. The zero-order valence-corrected chi connectivity index (χ0v) is 12.6. The van der Waals surface area contributed by atoms with Gasteiger partial charge in [0.2, 0.25) is 5.88 Å². The lowest BCUT2D eigenvalue weighted by atomic mass is 9.99. The third kappa shape index (κ3) is 2.68. The van der Waals surface area contributed by atoms with E-state index in [1.807, 2.05) is 6.92 Å². The minimum Gasteiger partial charge on any atom is -0.493 e. The van der Waals surface area contributed by atoms with Crippen LogP contribution < -0.4 is 5.56 Å². The van der Waals surface area contributed by atoms with Crippen molar-refractivity contribution in [3.8, 4) is 17.3 Å². The van der Waals surface area contributed by atoms with Gasteiger partial charge in [0.15, 0.2) is 0 Å². The van der Waals surface area contributed by atoms with Gasteiger partial charge in [0.1, 0.15) is 5.82 Å². The molecule has 0 spiro atoms. The smallest absolute Gasteiger partial charge is 0.258 e. The molecule has 2 aromatic rings. The summed E-state index contributed by atoms with van der Waals surface area (Å²) in [6, 6.07) is 5.34. The van der Waals surface area contributed by atoms with Gasteiger partial charge in [-0.05, 0) is 49.4 Å². The summed E-state index contributed by atoms with van der Waals surface area (Å²) in [5.41, 5.74) is 1.87. The molecule has 110 valence electrons. The van der Waals surface area contributed by atoms with Gasteiger partial charge in [0, 0.05) is 10.6 Å². The van der Waals surface area contributed by atoms with Crippen molar-refractivity contribution in [1.82, 2.24) is 9.97 Å². The molecule has 2 N–H and O–H groups in total. The molecular formula is C16H17ClN2O2. The third-order valence-electron chi connectivity index (χ3n) is 4.14. The minimum atomic E-state index is -0.237. The molecule has 21 heavy (non-hydrogen) atoms. The molecule has 3 rings (SSSR count). The zero-order valence-electron chi connectivity index (χ0n) is 11.8. The minimum absolute atomic E-state index is 0.126. The van der Waals surface area contributed by atoms with Crippen LogP contribution in [0.2, 0.25) is 5.02 Å². The molecule has 1 fully saturated rings. The Morgan fingerprint density at radius 1 is 1.33 bits per heavy atom. The molecule has 1 heterocycles. The lowest BCUT2D eigenvalue weighted by molar-refractivity contribution is 0.436. The van der Waals surface area contributed by atoms with E-state index in [4.69, 9.17) is 11.6 Å². The van der Waals surface area contributed by atoms with Crippen LogP contribution in [0.4, 0.5) is 0 Å². The Morgan fingerprint density at radius 3 is 2.67 bits per heavy atom. The van der Waals surface area contributed by atoms with Gasteiger partial charge in [-0.1, -0.05) is 24.4 Å². The van der Waals surface area contributed by atoms with Crippen molar-refractivity contribution in [2.45, 2.75) is 38.5 Å². The maximum absolute atomic E-state index is 12.3. The molecule has 1 aliphatic carbocycles. The van der Waals surface area contributed by atoms with Gasteiger partial charge in [-0.15, -0.1) is 0 Å². The Labute approximate surface area is 127 Å². The van der Waals surface area contributed by atoms with Crippen LogP contribution in [0, 0.1) is 6.92 Å². The van der Waals surface area contributed by atoms with E-state index in [9.17, 15) is 9.90 Å². The monoisotopic (exact) mass is 304 g/mol. The van der Waals surface area contributed by atoms with E-state index in [2.05, 4.69) is 9.97 Å². The number of aromatic amines is 1. The average Bonchev–Trinajstić information content (AvgIpc) is 2.91. The molecule has 0 radical (unpaired) electrons. The first-order valence-corrected chi connectivity index (χ1v) is 7.54. The molecule has 1 aliphatic rings. The Kier molecular flexibility index (Phi) is 3.72. The topological polar surface area (TPSA) is 66.0 Å². The molecule has 0 bridgehead atoms. The van der Waals surface area contributed by atoms with Crippen molar-refractivity contribution in [2.75, 3.05) is 0 Å². The van der Waals surface area contributed by atoms with E-state index >= 15 is 0 Å². The van der Waals surface area contributed by atoms with Crippen LogP contribution in [0.5, 0.6) is 5.88 Å². The van der Waals surface area contributed by atoms with E-state index in [1.165, 1.54) is 0 Å². The van der Waals surface area contributed by atoms with Crippen LogP contribution in [0.25, 0.3) is 11.4 Å². The molecule has 0 amide bonds. The van der Waals surface area contributed by atoms with Gasteiger partial charge in [-0.2, -0.15) is 4.98 Å². The first-order chi connectivity index (χ1) is 10.1. The Bertz CT molecular complexity index is 734. The maximum Gasteiger partial charge on any atom is 0.258 e. The van der Waals surface area contributed by atoms with Crippen LogP contribution in [0.1, 0.15) is 42.7 Å². The van der Waals surface area contributed by atoms with Crippen LogP contribution in [-0.2, 0) is 0 Å². The highest BCUT2D eigenvalue weighted by molar-refractivity contribution is 6.30. The molecule has 5 heteroatoms. The Balaban J connectivity index is 2.07.